The normalized spacial score (nSPS) is 19.2. The van der Waals surface area contributed by atoms with E-state index in [9.17, 15) is 42.1 Å². The van der Waals surface area contributed by atoms with Crippen LogP contribution in [0.2, 0.25) is 0 Å². The molecule has 15 nitrogen and oxygen atoms in total. The number of sulfone groups is 1. The molecule has 1 saturated heterocycles. The standard InChI is InChI=1S/C46H57N5O10S5/c1-35-7-17-41(18-8-35)62(52,53)46-27-28-48(63(54,55)42-19-9-36(2)10-20-42)29-30-49(64(56,57)43-21-11-37(3)12-22-43)31-32-50(65(58,59)44-23-13-38(4)14-24-44)33-40(6)51(34-47-46)66(60,61)45-25-15-39(5)16-26-45/h7-26,40,46-47H,27-34H2,1-6H3/t40-,46?/m1/s1. The van der Waals surface area contributed by atoms with Crippen LogP contribution in [-0.2, 0) is 49.9 Å². The van der Waals surface area contributed by atoms with Gasteiger partial charge < -0.3 is 0 Å². The van der Waals surface area contributed by atoms with E-state index in [0.29, 0.717) is 0 Å². The smallest absolute Gasteiger partial charge is 0.244 e. The third-order valence-electron chi connectivity index (χ3n) is 11.6. The van der Waals surface area contributed by atoms with E-state index in [-0.39, 0.29) is 24.5 Å². The second kappa shape index (κ2) is 20.5. The fourth-order valence-corrected chi connectivity index (χ4v) is 14.9. The van der Waals surface area contributed by atoms with Crippen molar-refractivity contribution in [2.45, 2.75) is 83.9 Å². The molecule has 0 bridgehead atoms. The van der Waals surface area contributed by atoms with Crippen LogP contribution in [0.4, 0.5) is 0 Å². The average molecular weight is 1000 g/mol. The molecule has 6 rings (SSSR count). The molecular formula is C46H57N5O10S5. The topological polar surface area (TPSA) is 196 Å². The van der Waals surface area contributed by atoms with Crippen molar-refractivity contribution in [2.75, 3.05) is 45.9 Å². The van der Waals surface area contributed by atoms with Crippen LogP contribution in [-0.4, -0.2) is 117 Å². The minimum atomic E-state index is -4.52. The zero-order valence-corrected chi connectivity index (χ0v) is 41.9. The molecule has 1 N–H and O–H groups in total. The molecule has 1 fully saturated rings. The lowest BCUT2D eigenvalue weighted by Crippen LogP contribution is -2.53. The molecule has 1 aliphatic heterocycles. The first-order valence-corrected chi connectivity index (χ1v) is 28.6. The van der Waals surface area contributed by atoms with Crippen molar-refractivity contribution in [1.82, 2.24) is 22.5 Å². The van der Waals surface area contributed by atoms with Crippen molar-refractivity contribution in [2.24, 2.45) is 0 Å². The van der Waals surface area contributed by atoms with Gasteiger partial charge in [0.1, 0.15) is 5.37 Å². The highest BCUT2D eigenvalue weighted by Crippen LogP contribution is 2.27. The molecule has 20 heteroatoms. The van der Waals surface area contributed by atoms with Crippen molar-refractivity contribution in [3.05, 3.63) is 149 Å². The van der Waals surface area contributed by atoms with E-state index in [2.05, 4.69) is 5.32 Å². The van der Waals surface area contributed by atoms with Crippen molar-refractivity contribution in [3.8, 4) is 0 Å². The van der Waals surface area contributed by atoms with Gasteiger partial charge >= 0.3 is 0 Å². The van der Waals surface area contributed by atoms with Gasteiger partial charge in [0.15, 0.2) is 9.84 Å². The molecule has 0 spiro atoms. The molecule has 0 amide bonds. The number of aryl methyl sites for hydroxylation is 5. The van der Waals surface area contributed by atoms with E-state index in [1.807, 2.05) is 0 Å². The Bertz CT molecular complexity index is 3050. The summed E-state index contributed by atoms with van der Waals surface area (Å²) in [5, 5.41) is 1.34. The quantitative estimate of drug-likeness (QED) is 0.187. The minimum Gasteiger partial charge on any atom is -0.287 e. The summed E-state index contributed by atoms with van der Waals surface area (Å²) in [4.78, 5) is -0.621. The van der Waals surface area contributed by atoms with Crippen molar-refractivity contribution in [3.63, 3.8) is 0 Å². The number of sulfonamides is 4. The van der Waals surface area contributed by atoms with Gasteiger partial charge in [-0.25, -0.2) is 42.1 Å². The van der Waals surface area contributed by atoms with E-state index < -0.39 is 114 Å². The first-order chi connectivity index (χ1) is 30.9. The number of nitrogens with one attached hydrogen (secondary N) is 1. The van der Waals surface area contributed by atoms with E-state index in [1.165, 1.54) is 67.6 Å². The summed E-state index contributed by atoms with van der Waals surface area (Å²) >= 11 is 0. The Morgan fingerprint density at radius 2 is 0.682 bits per heavy atom. The maximum absolute atomic E-state index is 14.8. The summed E-state index contributed by atoms with van der Waals surface area (Å²) in [7, 11) is -22.3. The SMILES string of the molecule is Cc1ccc(S(=O)(=O)C2CCN(S(=O)(=O)c3ccc(C)cc3)CCN(S(=O)(=O)c3ccc(C)cc3)CCN(S(=O)(=O)c3ccc(C)cc3)C[C@@H](C)N(S(=O)(=O)c3ccc(C)cc3)CN2)cc1. The molecule has 1 aliphatic rings. The Kier molecular flexibility index (Phi) is 15.8. The molecule has 0 saturated carbocycles. The molecule has 0 radical (unpaired) electrons. The molecule has 356 valence electrons. The predicted molar refractivity (Wildman–Crippen MR) is 254 cm³/mol. The fraction of sp³-hybridized carbons (Fsp3) is 0.348. The van der Waals surface area contributed by atoms with Gasteiger partial charge in [0, 0.05) is 45.3 Å². The van der Waals surface area contributed by atoms with Crippen molar-refractivity contribution in [1.29, 1.82) is 0 Å². The lowest BCUT2D eigenvalue weighted by Gasteiger charge is -2.34. The van der Waals surface area contributed by atoms with Gasteiger partial charge in [0.25, 0.3) is 0 Å². The Balaban J connectivity index is 1.55. The third-order valence-corrected chi connectivity index (χ3v) is 21.4. The number of rotatable bonds is 10. The van der Waals surface area contributed by atoms with Crippen LogP contribution in [0.5, 0.6) is 0 Å². The zero-order chi connectivity index (χ0) is 48.2. The zero-order valence-electron chi connectivity index (χ0n) is 37.8. The van der Waals surface area contributed by atoms with Crippen LogP contribution in [0.15, 0.2) is 146 Å². The summed E-state index contributed by atoms with van der Waals surface area (Å²) in [5.41, 5.74) is 3.88. The van der Waals surface area contributed by atoms with Crippen LogP contribution in [0.3, 0.4) is 0 Å². The maximum Gasteiger partial charge on any atom is 0.244 e. The summed E-state index contributed by atoms with van der Waals surface area (Å²) in [5.74, 6) is 0. The van der Waals surface area contributed by atoms with Gasteiger partial charge in [-0.1, -0.05) is 88.5 Å². The van der Waals surface area contributed by atoms with Gasteiger partial charge in [-0.3, -0.25) is 5.32 Å². The van der Waals surface area contributed by atoms with Crippen LogP contribution in [0.1, 0.15) is 41.2 Å². The van der Waals surface area contributed by atoms with Gasteiger partial charge in [0.2, 0.25) is 40.1 Å². The van der Waals surface area contributed by atoms with E-state index in [4.69, 9.17) is 0 Å². The Hall–Kier alpha value is -4.35. The van der Waals surface area contributed by atoms with Crippen LogP contribution in [0, 0.1) is 34.6 Å². The molecular weight excluding hydrogens is 943 g/mol. The maximum atomic E-state index is 14.8. The van der Waals surface area contributed by atoms with Gasteiger partial charge in [-0.15, -0.1) is 0 Å². The summed E-state index contributed by atoms with van der Waals surface area (Å²) in [6.45, 7) is 6.93. The molecule has 5 aromatic rings. The van der Waals surface area contributed by atoms with E-state index in [1.54, 1.807) is 95.3 Å². The van der Waals surface area contributed by atoms with Crippen molar-refractivity contribution < 1.29 is 42.1 Å². The molecule has 1 heterocycles. The highest BCUT2D eigenvalue weighted by atomic mass is 32.2. The highest BCUT2D eigenvalue weighted by molar-refractivity contribution is 7.92. The largest absolute Gasteiger partial charge is 0.287 e. The van der Waals surface area contributed by atoms with Gasteiger partial charge in [-0.05, 0) is 109 Å². The number of nitrogens with zero attached hydrogens (tertiary/aromatic N) is 4. The van der Waals surface area contributed by atoms with Crippen LogP contribution < -0.4 is 5.32 Å². The number of hydrogen-bond acceptors (Lipinski definition) is 11. The minimum absolute atomic E-state index is 0.108. The summed E-state index contributed by atoms with van der Waals surface area (Å²) in [6.07, 6.45) is -0.410. The highest BCUT2D eigenvalue weighted by Gasteiger charge is 2.38. The lowest BCUT2D eigenvalue weighted by atomic mass is 10.2. The second-order valence-corrected chi connectivity index (χ2v) is 26.5. The van der Waals surface area contributed by atoms with Crippen LogP contribution >= 0.6 is 0 Å². The van der Waals surface area contributed by atoms with Gasteiger partial charge in [0.05, 0.1) is 31.1 Å². The van der Waals surface area contributed by atoms with E-state index >= 15 is 0 Å². The first-order valence-electron chi connectivity index (χ1n) is 21.3. The lowest BCUT2D eigenvalue weighted by molar-refractivity contribution is 0.254. The molecule has 2 atom stereocenters. The number of hydrogen-bond donors (Lipinski definition) is 1. The van der Waals surface area contributed by atoms with Gasteiger partial charge in [-0.2, -0.15) is 17.2 Å². The monoisotopic (exact) mass is 999 g/mol. The third kappa shape index (κ3) is 11.5. The Labute approximate surface area is 391 Å². The molecule has 5 aromatic carbocycles. The van der Waals surface area contributed by atoms with E-state index in [0.717, 1.165) is 45.0 Å². The van der Waals surface area contributed by atoms with Crippen molar-refractivity contribution >= 4 is 49.9 Å². The Morgan fingerprint density at radius 3 is 1.05 bits per heavy atom. The number of benzene rings is 5. The molecule has 1 unspecified atom stereocenters. The second-order valence-electron chi connectivity index (χ2n) is 16.7. The molecule has 66 heavy (non-hydrogen) atoms. The average Bonchev–Trinajstić information content (AvgIpc) is 3.26. The molecule has 0 aliphatic carbocycles. The molecule has 0 aromatic heterocycles. The first kappa shape index (κ1) is 51.0. The van der Waals surface area contributed by atoms with Crippen LogP contribution in [0.25, 0.3) is 0 Å². The Morgan fingerprint density at radius 1 is 0.394 bits per heavy atom. The predicted octanol–water partition coefficient (Wildman–Crippen LogP) is 5.43. The summed E-state index contributed by atoms with van der Waals surface area (Å²) < 4.78 is 151. The summed E-state index contributed by atoms with van der Waals surface area (Å²) in [6, 6.07) is 28.9. The fourth-order valence-electron chi connectivity index (χ4n) is 7.46.